The smallest absolute Gasteiger partial charge is 0.235 e. The predicted octanol–water partition coefficient (Wildman–Crippen LogP) is 32.7. The molecule has 29 aromatic rings. The molecule has 29 rings (SSSR count). The van der Waals surface area contributed by atoms with Gasteiger partial charge in [0, 0.05) is 93.4 Å². The summed E-state index contributed by atoms with van der Waals surface area (Å²) in [7, 11) is 0. The van der Waals surface area contributed by atoms with Crippen LogP contribution in [0.25, 0.3) is 260 Å². The normalized spacial score (nSPS) is 12.1. The van der Waals surface area contributed by atoms with E-state index in [2.05, 4.69) is 396 Å². The second-order valence-corrected chi connectivity index (χ2v) is 38.5. The molecule has 0 aliphatic rings. The van der Waals surface area contributed by atoms with Gasteiger partial charge >= 0.3 is 0 Å². The number of benzene rings is 17. The Morgan fingerprint density at radius 2 is 0.394 bits per heavy atom. The summed E-state index contributed by atoms with van der Waals surface area (Å²) in [5, 5.41) is 20.2. The minimum atomic E-state index is 0.701. The largest absolute Gasteiger partial charge is 0.275 e. The van der Waals surface area contributed by atoms with E-state index >= 15 is 0 Å². The third-order valence-electron chi connectivity index (χ3n) is 25.0. The molecular weight excluding hydrogens is 1660 g/mol. The van der Waals surface area contributed by atoms with Crippen LogP contribution in [0.2, 0.25) is 0 Å². The molecule has 0 amide bonds. The lowest BCUT2D eigenvalue weighted by Crippen LogP contribution is -2.03. The molecule has 0 aliphatic carbocycles. The Labute approximate surface area is 747 Å². The number of rotatable bonds is 7. The highest BCUT2D eigenvalue weighted by Gasteiger charge is 2.30. The average molecular weight is 1730 g/mol. The van der Waals surface area contributed by atoms with Crippen molar-refractivity contribution in [1.82, 2.24) is 43.6 Å². The molecule has 9 nitrogen and oxygen atoms in total. The molecule has 592 valence electrons. The van der Waals surface area contributed by atoms with Crippen molar-refractivity contribution in [2.45, 2.75) is 0 Å². The second-order valence-electron chi connectivity index (χ2n) is 32.2. The Balaban J connectivity index is 0.0000000990. The highest BCUT2D eigenvalue weighted by Crippen LogP contribution is 2.53. The Kier molecular flexibility index (Phi) is 16.4. The van der Waals surface area contributed by atoms with Crippen molar-refractivity contribution < 1.29 is 0 Å². The van der Waals surface area contributed by atoms with Gasteiger partial charge in [-0.15, -0.1) is 68.0 Å². The third-order valence-corrected chi connectivity index (χ3v) is 32.5. The van der Waals surface area contributed by atoms with Crippen LogP contribution in [-0.2, 0) is 0 Å². The van der Waals surface area contributed by atoms with Gasteiger partial charge in [-0.1, -0.05) is 322 Å². The topological polar surface area (TPSA) is 92.1 Å². The van der Waals surface area contributed by atoms with Gasteiger partial charge in [0.1, 0.15) is 0 Å². The number of nitrogens with zero attached hydrogens (tertiary/aromatic N) is 9. The molecule has 12 heterocycles. The molecule has 17 aromatic carbocycles. The van der Waals surface area contributed by atoms with Crippen molar-refractivity contribution in [2.75, 3.05) is 0 Å². The van der Waals surface area contributed by atoms with E-state index in [-0.39, 0.29) is 0 Å². The molecular formula is C112H63N9S6. The van der Waals surface area contributed by atoms with E-state index in [1.54, 1.807) is 0 Å². The summed E-state index contributed by atoms with van der Waals surface area (Å²) in [6.07, 6.45) is 0. The molecule has 0 unspecified atom stereocenters. The summed E-state index contributed by atoms with van der Waals surface area (Å²) in [5.41, 5.74) is 18.5. The van der Waals surface area contributed by atoms with Gasteiger partial charge in [0.25, 0.3) is 0 Å². The van der Waals surface area contributed by atoms with Gasteiger partial charge in [0.05, 0.1) is 94.9 Å². The minimum Gasteiger partial charge on any atom is -0.275 e. The molecule has 0 saturated carbocycles. The van der Waals surface area contributed by atoms with Crippen molar-refractivity contribution in [3.05, 3.63) is 382 Å². The van der Waals surface area contributed by atoms with E-state index in [0.717, 1.165) is 71.9 Å². The van der Waals surface area contributed by atoms with Gasteiger partial charge in [0.2, 0.25) is 17.8 Å². The molecule has 0 radical (unpaired) electrons. The fraction of sp³-hybridized carbons (Fsp3) is 0. The van der Waals surface area contributed by atoms with E-state index in [4.69, 9.17) is 29.9 Å². The summed E-state index contributed by atoms with van der Waals surface area (Å²) in [5.74, 6) is 2.12. The third kappa shape index (κ3) is 11.3. The van der Waals surface area contributed by atoms with Crippen molar-refractivity contribution in [3.8, 4) is 62.7 Å². The Hall–Kier alpha value is -15.0. The van der Waals surface area contributed by atoms with Gasteiger partial charge in [-0.3, -0.25) is 13.7 Å². The van der Waals surface area contributed by atoms with Crippen molar-refractivity contribution >= 4 is 266 Å². The zero-order valence-corrected chi connectivity index (χ0v) is 72.2. The van der Waals surface area contributed by atoms with Gasteiger partial charge in [-0.2, -0.15) is 0 Å². The maximum Gasteiger partial charge on any atom is 0.235 e. The number of hydrogen-bond acceptors (Lipinski definition) is 12. The highest BCUT2D eigenvalue weighted by molar-refractivity contribution is 7.35. The standard InChI is InChI=1S/C40H23N3S2.C38H21N3S2.C34H19N3S2/c1-2-10-24(11-3-1)25-18-20-27(21-19-25)35-34-28-13-5-4-12-26(28)22-23-31(34)41-40(42-35)43-36-29-14-6-8-16-32(29)44-38(36)39-37(43)30-15-7-9-17-33(30)45-39;1-2-11-24-21-25(18-17-22(24)9-1)33-32-26-12-4-3-10-23(26)19-20-29(32)39-38(40-33)41-34-27-13-5-7-15-30(27)42-36(34)37-35(41)28-14-6-8-16-31(28)43-37;1-2-11-21(12-3-1)29-28-22-13-5-4-10-20(22)18-19-25(28)35-34(36-29)37-30-23-14-6-8-16-26(23)38-32(30)33-31(37)24-15-7-9-17-27(24)39-33/h1-23H;1-21H;1-19H. The van der Waals surface area contributed by atoms with Crippen LogP contribution in [0, 0.1) is 0 Å². The highest BCUT2D eigenvalue weighted by atomic mass is 32.1. The summed E-state index contributed by atoms with van der Waals surface area (Å²) in [6, 6.07) is 136. The quantitative estimate of drug-likeness (QED) is 0.148. The molecule has 0 spiro atoms. The fourth-order valence-electron chi connectivity index (χ4n) is 19.4. The number of aromatic nitrogens is 9. The summed E-state index contributed by atoms with van der Waals surface area (Å²) < 4.78 is 22.5. The number of fused-ring (bicyclic) bond motifs is 31. The number of hydrogen-bond donors (Lipinski definition) is 0. The molecule has 0 atom stereocenters. The fourth-order valence-corrected chi connectivity index (χ4v) is 26.9. The van der Waals surface area contributed by atoms with Gasteiger partial charge < -0.3 is 0 Å². The first-order valence-electron chi connectivity index (χ1n) is 42.3. The second kappa shape index (κ2) is 28.8. The van der Waals surface area contributed by atoms with Crippen LogP contribution in [0.4, 0.5) is 0 Å². The summed E-state index contributed by atoms with van der Waals surface area (Å²) >= 11 is 11.2. The van der Waals surface area contributed by atoms with Gasteiger partial charge in [-0.05, 0) is 115 Å². The maximum atomic E-state index is 5.50. The first kappa shape index (κ1) is 72.4. The lowest BCUT2D eigenvalue weighted by Gasteiger charge is -2.14. The zero-order valence-electron chi connectivity index (χ0n) is 67.3. The molecule has 0 bridgehead atoms. The van der Waals surface area contributed by atoms with Crippen LogP contribution in [-0.4, -0.2) is 43.6 Å². The van der Waals surface area contributed by atoms with Crippen LogP contribution < -0.4 is 0 Å². The van der Waals surface area contributed by atoms with Crippen LogP contribution >= 0.6 is 68.0 Å². The van der Waals surface area contributed by atoms with E-state index in [1.807, 2.05) is 68.0 Å². The Morgan fingerprint density at radius 1 is 0.165 bits per heavy atom. The van der Waals surface area contributed by atoms with E-state index in [9.17, 15) is 0 Å². The first-order valence-corrected chi connectivity index (χ1v) is 47.2. The summed E-state index contributed by atoms with van der Waals surface area (Å²) in [6.45, 7) is 0. The Bertz CT molecular complexity index is 9380. The van der Waals surface area contributed by atoms with Crippen LogP contribution in [0.1, 0.15) is 0 Å². The molecule has 0 aliphatic heterocycles. The van der Waals surface area contributed by atoms with E-state index in [1.165, 1.54) is 171 Å². The molecule has 0 fully saturated rings. The van der Waals surface area contributed by atoms with Crippen LogP contribution in [0.15, 0.2) is 382 Å². The lowest BCUT2D eigenvalue weighted by molar-refractivity contribution is 1.02. The van der Waals surface area contributed by atoms with Crippen LogP contribution in [0.5, 0.6) is 0 Å². The molecule has 127 heavy (non-hydrogen) atoms. The summed E-state index contributed by atoms with van der Waals surface area (Å²) in [4.78, 5) is 32.4. The maximum absolute atomic E-state index is 5.50. The van der Waals surface area contributed by atoms with E-state index < -0.39 is 0 Å². The minimum absolute atomic E-state index is 0.701. The number of thiophene rings is 6. The predicted molar refractivity (Wildman–Crippen MR) is 546 cm³/mol. The van der Waals surface area contributed by atoms with Crippen molar-refractivity contribution in [2.24, 2.45) is 0 Å². The first-order chi connectivity index (χ1) is 63.0. The zero-order chi connectivity index (χ0) is 83.1. The molecule has 0 saturated heterocycles. The molecule has 12 aromatic heterocycles. The average Bonchev–Trinajstić information content (AvgIpc) is 1.55. The lowest BCUT2D eigenvalue weighted by atomic mass is 9.98. The van der Waals surface area contributed by atoms with Crippen LogP contribution in [0.3, 0.4) is 0 Å². The molecule has 0 N–H and O–H groups in total. The Morgan fingerprint density at radius 3 is 0.724 bits per heavy atom. The van der Waals surface area contributed by atoms with Crippen molar-refractivity contribution in [3.63, 3.8) is 0 Å². The SMILES string of the molecule is c1ccc(-c2ccc(-c3nc(-n4c5c6ccccc6sc5c5sc6ccccc6c54)nc4ccc5ccccc5c34)cc2)cc1.c1ccc(-c2nc(-n3c4c5ccccc5sc4c4sc5ccccc5c43)nc3ccc4ccccc4c23)cc1.c1ccc2cc(-c3nc(-n4c5c6ccccc6sc5c5sc6ccccc6c54)nc4ccc5ccccc5c34)ccc2c1. The monoisotopic (exact) mass is 1730 g/mol. The van der Waals surface area contributed by atoms with Gasteiger partial charge in [0.15, 0.2) is 0 Å². The van der Waals surface area contributed by atoms with Crippen molar-refractivity contribution in [1.29, 1.82) is 0 Å². The van der Waals surface area contributed by atoms with Gasteiger partial charge in [-0.25, -0.2) is 29.9 Å². The van der Waals surface area contributed by atoms with E-state index in [0.29, 0.717) is 17.8 Å². The molecule has 15 heteroatoms.